The van der Waals surface area contributed by atoms with E-state index in [-0.39, 0.29) is 17.1 Å². The van der Waals surface area contributed by atoms with Crippen LogP contribution < -0.4 is 10.2 Å². The Hall–Kier alpha value is -3.93. The number of nitrogens with zero attached hydrogens (tertiary/aromatic N) is 2. The Bertz CT molecular complexity index is 1360. The van der Waals surface area contributed by atoms with Gasteiger partial charge in [0.05, 0.1) is 23.6 Å². The fourth-order valence-corrected chi connectivity index (χ4v) is 4.25. The van der Waals surface area contributed by atoms with E-state index in [0.29, 0.717) is 29.7 Å². The van der Waals surface area contributed by atoms with Gasteiger partial charge in [0.1, 0.15) is 11.3 Å². The minimum Gasteiger partial charge on any atom is -0.494 e. The van der Waals surface area contributed by atoms with Crippen molar-refractivity contribution < 1.29 is 13.9 Å². The Balaban J connectivity index is 1.69. The number of hydrogen-bond donors (Lipinski definition) is 0. The maximum atomic E-state index is 13.6. The monoisotopic (exact) mass is 426 g/mol. The molecular weight excluding hydrogens is 404 g/mol. The summed E-state index contributed by atoms with van der Waals surface area (Å²) in [6.07, 6.45) is 3.41. The van der Waals surface area contributed by atoms with E-state index in [0.717, 1.165) is 22.4 Å². The van der Waals surface area contributed by atoms with Crippen LogP contribution in [0, 0.1) is 6.92 Å². The van der Waals surface area contributed by atoms with Gasteiger partial charge in [0.25, 0.3) is 5.91 Å². The van der Waals surface area contributed by atoms with E-state index in [2.05, 4.69) is 4.98 Å². The van der Waals surface area contributed by atoms with Crippen LogP contribution in [0.25, 0.3) is 11.0 Å². The summed E-state index contributed by atoms with van der Waals surface area (Å²) in [7, 11) is 0. The van der Waals surface area contributed by atoms with Crippen LogP contribution in [0.2, 0.25) is 0 Å². The molecule has 3 heterocycles. The number of rotatable bonds is 5. The second-order valence-electron chi connectivity index (χ2n) is 7.87. The first kappa shape index (κ1) is 20.0. The SMILES string of the molecule is CCOc1ccc([C@@H]2c3c(oc4ccc(C)cc4c3=O)C(=O)N2Cc2cccnc2)cc1. The molecule has 6 nitrogen and oxygen atoms in total. The van der Waals surface area contributed by atoms with E-state index in [1.165, 1.54) is 0 Å². The first-order valence-corrected chi connectivity index (χ1v) is 10.6. The molecule has 1 aliphatic heterocycles. The molecule has 160 valence electrons. The maximum absolute atomic E-state index is 13.6. The van der Waals surface area contributed by atoms with Crippen molar-refractivity contribution in [2.24, 2.45) is 0 Å². The topological polar surface area (TPSA) is 72.6 Å². The highest BCUT2D eigenvalue weighted by atomic mass is 16.5. The summed E-state index contributed by atoms with van der Waals surface area (Å²) in [4.78, 5) is 32.9. The zero-order valence-corrected chi connectivity index (χ0v) is 17.9. The van der Waals surface area contributed by atoms with E-state index >= 15 is 0 Å². The van der Waals surface area contributed by atoms with Crippen molar-refractivity contribution in [2.45, 2.75) is 26.4 Å². The quantitative estimate of drug-likeness (QED) is 0.465. The van der Waals surface area contributed by atoms with Crippen LogP contribution in [0.1, 0.15) is 45.8 Å². The molecule has 0 fully saturated rings. The fourth-order valence-electron chi connectivity index (χ4n) is 4.25. The van der Waals surface area contributed by atoms with E-state index in [4.69, 9.17) is 9.15 Å². The van der Waals surface area contributed by atoms with Gasteiger partial charge in [-0.25, -0.2) is 0 Å². The average molecular weight is 426 g/mol. The van der Waals surface area contributed by atoms with Crippen LogP contribution in [-0.4, -0.2) is 22.4 Å². The van der Waals surface area contributed by atoms with Crippen LogP contribution in [-0.2, 0) is 6.54 Å². The van der Waals surface area contributed by atoms with Crippen LogP contribution in [0.4, 0.5) is 0 Å². The molecule has 1 atom stereocenters. The van der Waals surface area contributed by atoms with Crippen LogP contribution in [0.15, 0.2) is 76.2 Å². The Morgan fingerprint density at radius 1 is 1.09 bits per heavy atom. The number of amides is 1. The standard InChI is InChI=1S/C26H22N2O4/c1-3-31-19-9-7-18(8-10-19)23-22-24(29)20-13-16(2)6-11-21(20)32-25(22)26(30)28(23)15-17-5-4-12-27-14-17/h4-14,23H,3,15H2,1-2H3/t23-/m1/s1. The molecule has 1 aliphatic rings. The number of aromatic nitrogens is 1. The van der Waals surface area contributed by atoms with Crippen molar-refractivity contribution in [3.8, 4) is 5.75 Å². The molecule has 6 heteroatoms. The van der Waals surface area contributed by atoms with Crippen LogP contribution in [0.3, 0.4) is 0 Å². The van der Waals surface area contributed by atoms with E-state index in [1.54, 1.807) is 23.4 Å². The van der Waals surface area contributed by atoms with E-state index in [9.17, 15) is 9.59 Å². The Morgan fingerprint density at radius 3 is 2.62 bits per heavy atom. The normalized spacial score (nSPS) is 15.2. The molecule has 32 heavy (non-hydrogen) atoms. The first-order valence-electron chi connectivity index (χ1n) is 10.6. The molecule has 0 aliphatic carbocycles. The number of benzene rings is 2. The van der Waals surface area contributed by atoms with Crippen LogP contribution >= 0.6 is 0 Å². The van der Waals surface area contributed by atoms with Crippen LogP contribution in [0.5, 0.6) is 5.75 Å². The molecule has 4 aromatic rings. The Morgan fingerprint density at radius 2 is 1.91 bits per heavy atom. The third-order valence-corrected chi connectivity index (χ3v) is 5.70. The average Bonchev–Trinajstić information content (AvgIpc) is 3.08. The molecule has 0 saturated carbocycles. The number of ether oxygens (including phenoxy) is 1. The van der Waals surface area contributed by atoms with Gasteiger partial charge < -0.3 is 14.1 Å². The molecule has 1 amide bonds. The van der Waals surface area contributed by atoms with Gasteiger partial charge in [-0.3, -0.25) is 14.6 Å². The Labute approximate surface area is 185 Å². The zero-order chi connectivity index (χ0) is 22.2. The number of carbonyl (C=O) groups is 1. The molecule has 0 bridgehead atoms. The number of aryl methyl sites for hydroxylation is 1. The van der Waals surface area contributed by atoms with Crippen molar-refractivity contribution in [2.75, 3.05) is 6.61 Å². The summed E-state index contributed by atoms with van der Waals surface area (Å²) in [6.45, 7) is 4.72. The van der Waals surface area contributed by atoms with Gasteiger partial charge >= 0.3 is 0 Å². The summed E-state index contributed by atoms with van der Waals surface area (Å²) in [5, 5.41) is 0.482. The lowest BCUT2D eigenvalue weighted by Crippen LogP contribution is -2.29. The minimum absolute atomic E-state index is 0.106. The van der Waals surface area contributed by atoms with Gasteiger partial charge in [0.15, 0.2) is 5.43 Å². The van der Waals surface area contributed by atoms with Gasteiger partial charge in [-0.15, -0.1) is 0 Å². The molecule has 2 aromatic carbocycles. The second kappa shape index (κ2) is 7.96. The highest BCUT2D eigenvalue weighted by Gasteiger charge is 2.42. The molecule has 0 saturated heterocycles. The van der Waals surface area contributed by atoms with Gasteiger partial charge in [0.2, 0.25) is 5.76 Å². The lowest BCUT2D eigenvalue weighted by atomic mass is 9.98. The number of carbonyl (C=O) groups excluding carboxylic acids is 1. The summed E-state index contributed by atoms with van der Waals surface area (Å²) >= 11 is 0. The lowest BCUT2D eigenvalue weighted by molar-refractivity contribution is 0.0714. The third kappa shape index (κ3) is 3.34. The maximum Gasteiger partial charge on any atom is 0.291 e. The van der Waals surface area contributed by atoms with E-state index in [1.807, 2.05) is 62.4 Å². The number of pyridine rings is 1. The zero-order valence-electron chi connectivity index (χ0n) is 17.9. The van der Waals surface area contributed by atoms with Crippen molar-refractivity contribution in [1.82, 2.24) is 9.88 Å². The van der Waals surface area contributed by atoms with Crippen molar-refractivity contribution in [3.05, 3.63) is 105 Å². The molecule has 0 radical (unpaired) electrons. The molecular formula is C26H22N2O4. The predicted octanol–water partition coefficient (Wildman–Crippen LogP) is 4.64. The largest absolute Gasteiger partial charge is 0.494 e. The highest BCUT2D eigenvalue weighted by Crippen LogP contribution is 2.39. The summed E-state index contributed by atoms with van der Waals surface area (Å²) in [5.41, 5.74) is 3.27. The van der Waals surface area contributed by atoms with Crippen molar-refractivity contribution >= 4 is 16.9 Å². The summed E-state index contributed by atoms with van der Waals surface area (Å²) in [6, 6.07) is 16.1. The molecule has 5 rings (SSSR count). The number of hydrogen-bond acceptors (Lipinski definition) is 5. The smallest absolute Gasteiger partial charge is 0.291 e. The highest BCUT2D eigenvalue weighted by molar-refractivity contribution is 5.99. The van der Waals surface area contributed by atoms with Crippen molar-refractivity contribution in [1.29, 1.82) is 0 Å². The first-order chi connectivity index (χ1) is 15.6. The fraction of sp³-hybridized carbons (Fsp3) is 0.192. The third-order valence-electron chi connectivity index (χ3n) is 5.70. The lowest BCUT2D eigenvalue weighted by Gasteiger charge is -2.25. The predicted molar refractivity (Wildman–Crippen MR) is 121 cm³/mol. The summed E-state index contributed by atoms with van der Waals surface area (Å²) < 4.78 is 11.6. The number of fused-ring (bicyclic) bond motifs is 2. The van der Waals surface area contributed by atoms with E-state index < -0.39 is 6.04 Å². The summed E-state index contributed by atoms with van der Waals surface area (Å²) in [5.74, 6) is 0.539. The van der Waals surface area contributed by atoms with Gasteiger partial charge in [-0.05, 0) is 55.3 Å². The molecule has 0 spiro atoms. The van der Waals surface area contributed by atoms with Crippen molar-refractivity contribution in [3.63, 3.8) is 0 Å². The molecule has 0 unspecified atom stereocenters. The minimum atomic E-state index is -0.561. The molecule has 0 N–H and O–H groups in total. The van der Waals surface area contributed by atoms with Gasteiger partial charge in [0, 0.05) is 18.9 Å². The van der Waals surface area contributed by atoms with Gasteiger partial charge in [-0.1, -0.05) is 29.8 Å². The molecule has 2 aromatic heterocycles. The Kier molecular flexibility index (Phi) is 4.98. The second-order valence-corrected chi connectivity index (χ2v) is 7.87. The van der Waals surface area contributed by atoms with Gasteiger partial charge in [-0.2, -0.15) is 0 Å².